The maximum Gasteiger partial charge on any atom is 0.131 e. The van der Waals surface area contributed by atoms with Gasteiger partial charge in [0.15, 0.2) is 0 Å². The van der Waals surface area contributed by atoms with Gasteiger partial charge in [0.1, 0.15) is 12.4 Å². The van der Waals surface area contributed by atoms with E-state index in [-0.39, 0.29) is 5.92 Å². The molecule has 1 fully saturated rings. The Kier molecular flexibility index (Phi) is 9.16. The Hall–Kier alpha value is -2.44. The summed E-state index contributed by atoms with van der Waals surface area (Å²) in [6, 6.07) is 13.0. The lowest BCUT2D eigenvalue weighted by Crippen LogP contribution is -2.39. The number of pyridine rings is 1. The van der Waals surface area contributed by atoms with E-state index in [1.54, 1.807) is 0 Å². The summed E-state index contributed by atoms with van der Waals surface area (Å²) in [6.07, 6.45) is 11.3. The molecule has 0 spiro atoms. The monoisotopic (exact) mass is 561 g/mol. The van der Waals surface area contributed by atoms with E-state index >= 15 is 0 Å². The molecule has 1 N–H and O–H groups in total. The summed E-state index contributed by atoms with van der Waals surface area (Å²) in [5, 5.41) is 11.6. The van der Waals surface area contributed by atoms with Crippen molar-refractivity contribution in [3.63, 3.8) is 0 Å². The second-order valence-electron chi connectivity index (χ2n) is 12.6. The fourth-order valence-corrected chi connectivity index (χ4v) is 6.36. The molecular weight excluding hydrogens is 518 g/mol. The van der Waals surface area contributed by atoms with Crippen LogP contribution < -0.4 is 0 Å². The van der Waals surface area contributed by atoms with E-state index in [2.05, 4.69) is 65.1 Å². The smallest absolute Gasteiger partial charge is 0.131 e. The van der Waals surface area contributed by atoms with Crippen LogP contribution in [0.5, 0.6) is 0 Å². The summed E-state index contributed by atoms with van der Waals surface area (Å²) >= 11 is 6.13. The lowest BCUT2D eigenvalue weighted by molar-refractivity contribution is 0.0358. The average molecular weight is 562 g/mol. The Morgan fingerprint density at radius 1 is 1.23 bits per heavy atom. The molecule has 6 heteroatoms. The lowest BCUT2D eigenvalue weighted by atomic mass is 9.78. The van der Waals surface area contributed by atoms with Crippen LogP contribution in [0, 0.1) is 11.8 Å². The number of nitrogens with zero attached hydrogens (tertiary/aromatic N) is 3. The quantitative estimate of drug-likeness (QED) is 0.362. The molecule has 1 unspecified atom stereocenters. The van der Waals surface area contributed by atoms with Gasteiger partial charge in [-0.1, -0.05) is 55.8 Å². The van der Waals surface area contributed by atoms with Crippen molar-refractivity contribution in [2.75, 3.05) is 26.2 Å². The van der Waals surface area contributed by atoms with Gasteiger partial charge in [-0.05, 0) is 81.0 Å². The number of ether oxygens (including phenoxy) is 1. The van der Waals surface area contributed by atoms with E-state index in [1.807, 2.05) is 38.2 Å². The molecule has 0 radical (unpaired) electrons. The van der Waals surface area contributed by atoms with Crippen LogP contribution in [0.1, 0.15) is 63.8 Å². The summed E-state index contributed by atoms with van der Waals surface area (Å²) in [6.45, 7) is 14.2. The zero-order valence-electron chi connectivity index (χ0n) is 24.4. The van der Waals surface area contributed by atoms with Crippen LogP contribution in [0.2, 0.25) is 5.02 Å². The third-order valence-corrected chi connectivity index (χ3v) is 8.69. The Bertz CT molecular complexity index is 1260. The van der Waals surface area contributed by atoms with Gasteiger partial charge in [-0.25, -0.2) is 0 Å². The van der Waals surface area contributed by atoms with E-state index < -0.39 is 5.60 Å². The molecule has 3 aliphatic rings. The normalized spacial score (nSPS) is 22.6. The molecule has 2 aliphatic heterocycles. The molecule has 0 saturated carbocycles. The Balaban J connectivity index is 1.29. The van der Waals surface area contributed by atoms with Crippen LogP contribution in [0.25, 0.3) is 5.57 Å². The first kappa shape index (κ1) is 29.1. The van der Waals surface area contributed by atoms with Gasteiger partial charge < -0.3 is 14.7 Å². The molecule has 214 valence electrons. The first-order valence-corrected chi connectivity index (χ1v) is 15.2. The first-order valence-electron chi connectivity index (χ1n) is 14.8. The third kappa shape index (κ3) is 7.06. The van der Waals surface area contributed by atoms with E-state index in [1.165, 1.54) is 23.1 Å². The van der Waals surface area contributed by atoms with Gasteiger partial charge in [-0.2, -0.15) is 0 Å². The molecule has 5 rings (SSSR count). The van der Waals surface area contributed by atoms with E-state index in [0.29, 0.717) is 18.6 Å². The highest BCUT2D eigenvalue weighted by atomic mass is 35.5. The fraction of sp³-hybridized carbons (Fsp3) is 0.500. The molecule has 1 aliphatic carbocycles. The van der Waals surface area contributed by atoms with Crippen molar-refractivity contribution < 1.29 is 9.84 Å². The van der Waals surface area contributed by atoms with Crippen LogP contribution in [-0.2, 0) is 17.9 Å². The average Bonchev–Trinajstić information content (AvgIpc) is 3.33. The number of aromatic nitrogens is 1. The largest absolute Gasteiger partial charge is 0.487 e. The predicted molar refractivity (Wildman–Crippen MR) is 164 cm³/mol. The molecule has 2 aromatic rings. The van der Waals surface area contributed by atoms with E-state index in [4.69, 9.17) is 16.3 Å². The van der Waals surface area contributed by atoms with Crippen LogP contribution in [-0.4, -0.2) is 57.7 Å². The maximum atomic E-state index is 10.8. The zero-order valence-corrected chi connectivity index (χ0v) is 25.2. The molecule has 1 saturated heterocycles. The molecule has 2 atom stereocenters. The highest BCUT2D eigenvalue weighted by Crippen LogP contribution is 2.41. The first-order chi connectivity index (χ1) is 19.2. The minimum absolute atomic E-state index is 0.0448. The minimum Gasteiger partial charge on any atom is -0.487 e. The molecule has 0 bridgehead atoms. The number of halogens is 1. The van der Waals surface area contributed by atoms with Crippen LogP contribution in [0.4, 0.5) is 0 Å². The molecule has 5 nitrogen and oxygen atoms in total. The van der Waals surface area contributed by atoms with Crippen LogP contribution >= 0.6 is 11.6 Å². The van der Waals surface area contributed by atoms with Crippen molar-refractivity contribution in [3.8, 4) is 0 Å². The maximum absolute atomic E-state index is 10.8. The number of benzene rings is 1. The zero-order chi connectivity index (χ0) is 28.3. The van der Waals surface area contributed by atoms with Gasteiger partial charge in [-0.15, -0.1) is 0 Å². The van der Waals surface area contributed by atoms with Crippen molar-refractivity contribution in [2.45, 2.75) is 71.8 Å². The molecule has 3 heterocycles. The second-order valence-corrected chi connectivity index (χ2v) is 13.0. The standard InChI is InChI=1S/C34H44ClN3O2/c1-24(2)20-38(21-25-9-12-27(35)13-10-25)28-15-18-37(22-28)17-6-8-29-30-7-5-16-36-32(30)23-40-33-14-11-26(19-31(29)33)34(3,4)39/h5,7-14,16,24,26,28,39H,6,15,17-23H2,1-4H3/b29-8+/t26?,28-/m1/s1. The van der Waals surface area contributed by atoms with Crippen molar-refractivity contribution in [1.29, 1.82) is 0 Å². The van der Waals surface area contributed by atoms with Gasteiger partial charge in [-0.3, -0.25) is 9.88 Å². The van der Waals surface area contributed by atoms with Crippen molar-refractivity contribution in [2.24, 2.45) is 11.8 Å². The lowest BCUT2D eigenvalue weighted by Gasteiger charge is -2.31. The van der Waals surface area contributed by atoms with Gasteiger partial charge in [0.2, 0.25) is 0 Å². The third-order valence-electron chi connectivity index (χ3n) is 8.43. The summed E-state index contributed by atoms with van der Waals surface area (Å²) in [4.78, 5) is 9.92. The number of rotatable bonds is 9. The minimum atomic E-state index is -0.789. The number of likely N-dealkylation sites (tertiary alicyclic amines) is 1. The van der Waals surface area contributed by atoms with Crippen molar-refractivity contribution >= 4 is 17.2 Å². The molecule has 1 aromatic carbocycles. The second kappa shape index (κ2) is 12.6. The Morgan fingerprint density at radius 2 is 2.02 bits per heavy atom. The van der Waals surface area contributed by atoms with E-state index in [0.717, 1.165) is 67.6 Å². The van der Waals surface area contributed by atoms with Crippen LogP contribution in [0.3, 0.4) is 0 Å². The fourth-order valence-electron chi connectivity index (χ4n) is 6.24. The summed E-state index contributed by atoms with van der Waals surface area (Å²) in [5.41, 5.74) is 5.07. The highest BCUT2D eigenvalue weighted by Gasteiger charge is 2.33. The van der Waals surface area contributed by atoms with Crippen molar-refractivity contribution in [1.82, 2.24) is 14.8 Å². The summed E-state index contributed by atoms with van der Waals surface area (Å²) in [5.74, 6) is 1.58. The van der Waals surface area contributed by atoms with Crippen molar-refractivity contribution in [3.05, 3.63) is 94.0 Å². The Labute approximate surface area is 245 Å². The Morgan fingerprint density at radius 3 is 2.77 bits per heavy atom. The number of aliphatic hydroxyl groups is 1. The summed E-state index contributed by atoms with van der Waals surface area (Å²) < 4.78 is 6.22. The van der Waals surface area contributed by atoms with Gasteiger partial charge in [0.25, 0.3) is 0 Å². The van der Waals surface area contributed by atoms with Gasteiger partial charge in [0.05, 0.1) is 11.3 Å². The SMILES string of the molecule is CC(C)CN(Cc1ccc(Cl)cc1)[C@@H]1CCN(CC/C=C2/C3=C(C=CC(C(C)(C)O)C3)OCc3ncccc32)C1. The molecule has 40 heavy (non-hydrogen) atoms. The molecule has 0 amide bonds. The summed E-state index contributed by atoms with van der Waals surface area (Å²) in [7, 11) is 0. The van der Waals surface area contributed by atoms with Gasteiger partial charge in [0, 0.05) is 60.5 Å². The number of fused-ring (bicyclic) bond motifs is 1. The predicted octanol–water partition coefficient (Wildman–Crippen LogP) is 6.87. The number of allylic oxidation sites excluding steroid dienone is 3. The molecular formula is C34H44ClN3O2. The molecule has 1 aromatic heterocycles. The highest BCUT2D eigenvalue weighted by molar-refractivity contribution is 6.30. The van der Waals surface area contributed by atoms with Crippen LogP contribution in [0.15, 0.2) is 72.2 Å². The van der Waals surface area contributed by atoms with Gasteiger partial charge >= 0.3 is 0 Å². The topological polar surface area (TPSA) is 48.8 Å². The van der Waals surface area contributed by atoms with E-state index in [9.17, 15) is 5.11 Å². The number of hydrogen-bond acceptors (Lipinski definition) is 5. The number of hydrogen-bond donors (Lipinski definition) is 1.